The molecule has 0 aliphatic heterocycles. The molecule has 4 N–H and O–H groups in total. The van der Waals surface area contributed by atoms with E-state index in [1.807, 2.05) is 0 Å². The molecule has 0 aromatic carbocycles. The lowest BCUT2D eigenvalue weighted by molar-refractivity contribution is 0.314. The normalized spacial score (nSPS) is 14.9. The van der Waals surface area contributed by atoms with Gasteiger partial charge in [0, 0.05) is 12.6 Å². The molecule has 0 saturated heterocycles. The zero-order valence-electron chi connectivity index (χ0n) is 10.7. The number of aliphatic imine (C=N–C) groups is 1. The van der Waals surface area contributed by atoms with Crippen LogP contribution in [0.3, 0.4) is 0 Å². The second-order valence-electron chi connectivity index (χ2n) is 4.96. The van der Waals surface area contributed by atoms with Crippen molar-refractivity contribution < 1.29 is 0 Å². The summed E-state index contributed by atoms with van der Waals surface area (Å²) in [4.78, 5) is 4.35. The first kappa shape index (κ1) is 14.2. The Balaban J connectivity index is 4.14. The Bertz CT molecular complexity index is 193. The number of rotatable bonds is 4. The summed E-state index contributed by atoms with van der Waals surface area (Å²) in [7, 11) is 0. The third kappa shape index (κ3) is 6.33. The van der Waals surface area contributed by atoms with E-state index in [1.165, 1.54) is 0 Å². The van der Waals surface area contributed by atoms with Crippen molar-refractivity contribution in [3.05, 3.63) is 0 Å². The highest BCUT2D eigenvalue weighted by atomic mass is 15.3. The fraction of sp³-hybridized carbons (Fsp3) is 0.909. The smallest absolute Gasteiger partial charge is 0.205 e. The highest BCUT2D eigenvalue weighted by molar-refractivity contribution is 5.79. The van der Waals surface area contributed by atoms with Crippen molar-refractivity contribution in [3.63, 3.8) is 0 Å². The minimum atomic E-state index is 0.197. The van der Waals surface area contributed by atoms with Crippen molar-refractivity contribution in [2.75, 3.05) is 6.54 Å². The van der Waals surface area contributed by atoms with E-state index >= 15 is 0 Å². The fourth-order valence-corrected chi connectivity index (χ4v) is 0.904. The second kappa shape index (κ2) is 6.67. The zero-order chi connectivity index (χ0) is 11.9. The molecule has 0 saturated carbocycles. The predicted molar refractivity (Wildman–Crippen MR) is 66.6 cm³/mol. The molecule has 0 spiro atoms. The molecular formula is C11H26N4. The van der Waals surface area contributed by atoms with Crippen LogP contribution in [0.5, 0.6) is 0 Å². The van der Waals surface area contributed by atoms with Gasteiger partial charge in [0.05, 0.1) is 0 Å². The molecule has 0 bridgehead atoms. The summed E-state index contributed by atoms with van der Waals surface area (Å²) < 4.78 is 0. The number of unbranched alkanes of at least 4 members (excludes halogenated alkanes) is 1. The van der Waals surface area contributed by atoms with Crippen molar-refractivity contribution in [2.24, 2.45) is 16.3 Å². The van der Waals surface area contributed by atoms with Gasteiger partial charge in [-0.25, -0.2) is 5.84 Å². The van der Waals surface area contributed by atoms with Gasteiger partial charge in [-0.2, -0.15) is 0 Å². The molecule has 4 nitrogen and oxygen atoms in total. The first-order valence-electron chi connectivity index (χ1n) is 5.69. The van der Waals surface area contributed by atoms with Gasteiger partial charge in [-0.3, -0.25) is 10.4 Å². The van der Waals surface area contributed by atoms with Gasteiger partial charge < -0.3 is 5.32 Å². The summed E-state index contributed by atoms with van der Waals surface area (Å²) in [6.07, 6.45) is 2.24. The highest BCUT2D eigenvalue weighted by Gasteiger charge is 2.20. The number of nitrogens with two attached hydrogens (primary N) is 1. The predicted octanol–water partition coefficient (Wildman–Crippen LogP) is 1.63. The van der Waals surface area contributed by atoms with Crippen molar-refractivity contribution in [1.29, 1.82) is 0 Å². The van der Waals surface area contributed by atoms with Crippen LogP contribution in [0.25, 0.3) is 0 Å². The van der Waals surface area contributed by atoms with Gasteiger partial charge in [0.25, 0.3) is 0 Å². The van der Waals surface area contributed by atoms with E-state index in [4.69, 9.17) is 5.84 Å². The van der Waals surface area contributed by atoms with Crippen LogP contribution in [0.15, 0.2) is 4.99 Å². The maximum atomic E-state index is 5.40. The molecule has 0 aromatic heterocycles. The highest BCUT2D eigenvalue weighted by Crippen LogP contribution is 2.18. The Morgan fingerprint density at radius 1 is 1.40 bits per heavy atom. The van der Waals surface area contributed by atoms with E-state index in [0.717, 1.165) is 19.4 Å². The summed E-state index contributed by atoms with van der Waals surface area (Å²) in [6, 6.07) is 0.328. The maximum absolute atomic E-state index is 5.40. The summed E-state index contributed by atoms with van der Waals surface area (Å²) in [6.45, 7) is 11.7. The molecular weight excluding hydrogens is 188 g/mol. The molecule has 0 aliphatic rings. The van der Waals surface area contributed by atoms with Gasteiger partial charge in [0.2, 0.25) is 5.96 Å². The summed E-state index contributed by atoms with van der Waals surface area (Å²) in [5.74, 6) is 6.09. The topological polar surface area (TPSA) is 62.4 Å². The van der Waals surface area contributed by atoms with Crippen LogP contribution in [0.2, 0.25) is 0 Å². The standard InChI is InChI=1S/C11H26N4/c1-6-7-8-13-10(15-12)14-9(2)11(3,4)5/h9H,6-8,12H2,1-5H3,(H2,13,14,15). The summed E-state index contributed by atoms with van der Waals surface area (Å²) in [5, 5.41) is 3.28. The molecule has 0 fully saturated rings. The lowest BCUT2D eigenvalue weighted by Gasteiger charge is -2.29. The number of nitrogens with zero attached hydrogens (tertiary/aromatic N) is 1. The monoisotopic (exact) mass is 214 g/mol. The van der Waals surface area contributed by atoms with Crippen LogP contribution in [-0.2, 0) is 0 Å². The molecule has 90 valence electrons. The first-order chi connectivity index (χ1) is 6.91. The third-order valence-corrected chi connectivity index (χ3v) is 2.57. The quantitative estimate of drug-likeness (QED) is 0.219. The van der Waals surface area contributed by atoms with Gasteiger partial charge in [-0.15, -0.1) is 0 Å². The number of hydrogen-bond donors (Lipinski definition) is 3. The minimum absolute atomic E-state index is 0.197. The molecule has 0 heterocycles. The van der Waals surface area contributed by atoms with Gasteiger partial charge in [0.1, 0.15) is 0 Å². The molecule has 0 rings (SSSR count). The van der Waals surface area contributed by atoms with Crippen molar-refractivity contribution in [1.82, 2.24) is 10.7 Å². The van der Waals surface area contributed by atoms with E-state index in [1.54, 1.807) is 0 Å². The SMILES string of the molecule is CCCCN=C(NN)NC(C)C(C)(C)C. The van der Waals surface area contributed by atoms with Crippen LogP contribution in [0.1, 0.15) is 47.5 Å². The van der Waals surface area contributed by atoms with Gasteiger partial charge in [-0.1, -0.05) is 34.1 Å². The minimum Gasteiger partial charge on any atom is -0.352 e. The number of hydrogen-bond acceptors (Lipinski definition) is 2. The van der Waals surface area contributed by atoms with E-state index in [-0.39, 0.29) is 5.41 Å². The lowest BCUT2D eigenvalue weighted by atomic mass is 9.88. The summed E-state index contributed by atoms with van der Waals surface area (Å²) >= 11 is 0. The molecule has 15 heavy (non-hydrogen) atoms. The Kier molecular flexibility index (Phi) is 6.32. The molecule has 1 atom stereocenters. The van der Waals surface area contributed by atoms with Crippen molar-refractivity contribution in [3.8, 4) is 0 Å². The van der Waals surface area contributed by atoms with Gasteiger partial charge >= 0.3 is 0 Å². The van der Waals surface area contributed by atoms with E-state index < -0.39 is 0 Å². The largest absolute Gasteiger partial charge is 0.352 e. The zero-order valence-corrected chi connectivity index (χ0v) is 10.7. The third-order valence-electron chi connectivity index (χ3n) is 2.57. The molecule has 0 radical (unpaired) electrons. The maximum Gasteiger partial charge on any atom is 0.205 e. The van der Waals surface area contributed by atoms with Crippen LogP contribution < -0.4 is 16.6 Å². The Labute approximate surface area is 93.7 Å². The van der Waals surface area contributed by atoms with Crippen LogP contribution in [0, 0.1) is 5.41 Å². The molecule has 0 amide bonds. The number of nitrogens with one attached hydrogen (secondary N) is 2. The van der Waals surface area contributed by atoms with Crippen molar-refractivity contribution in [2.45, 2.75) is 53.5 Å². The van der Waals surface area contributed by atoms with Crippen LogP contribution in [-0.4, -0.2) is 18.5 Å². The molecule has 0 aliphatic carbocycles. The fourth-order valence-electron chi connectivity index (χ4n) is 0.904. The Morgan fingerprint density at radius 3 is 2.40 bits per heavy atom. The van der Waals surface area contributed by atoms with Gasteiger partial charge in [0.15, 0.2) is 0 Å². The van der Waals surface area contributed by atoms with Gasteiger partial charge in [-0.05, 0) is 18.8 Å². The second-order valence-corrected chi connectivity index (χ2v) is 4.96. The van der Waals surface area contributed by atoms with E-state index in [2.05, 4.69) is 50.4 Å². The number of guanidine groups is 1. The number of hydrazine groups is 1. The average Bonchev–Trinajstić information content (AvgIpc) is 2.14. The Hall–Kier alpha value is -0.770. The van der Waals surface area contributed by atoms with E-state index in [9.17, 15) is 0 Å². The summed E-state index contributed by atoms with van der Waals surface area (Å²) in [5.41, 5.74) is 2.80. The average molecular weight is 214 g/mol. The lowest BCUT2D eigenvalue weighted by Crippen LogP contribution is -2.49. The Morgan fingerprint density at radius 2 is 2.00 bits per heavy atom. The first-order valence-corrected chi connectivity index (χ1v) is 5.69. The van der Waals surface area contributed by atoms with Crippen LogP contribution in [0.4, 0.5) is 0 Å². The molecule has 1 unspecified atom stereocenters. The van der Waals surface area contributed by atoms with Crippen LogP contribution >= 0.6 is 0 Å². The van der Waals surface area contributed by atoms with Crippen molar-refractivity contribution >= 4 is 5.96 Å². The molecule has 0 aromatic rings. The van der Waals surface area contributed by atoms with E-state index in [0.29, 0.717) is 12.0 Å². The molecule has 4 heteroatoms.